The maximum absolute atomic E-state index is 9.05. The smallest absolute Gasteiger partial charge is 0.100 e. The summed E-state index contributed by atoms with van der Waals surface area (Å²) in [6.07, 6.45) is 1.03. The molecule has 0 saturated heterocycles. The van der Waals surface area contributed by atoms with Crippen LogP contribution in [0.1, 0.15) is 23.6 Å². The van der Waals surface area contributed by atoms with Crippen molar-refractivity contribution in [2.24, 2.45) is 0 Å². The fourth-order valence-electron chi connectivity index (χ4n) is 1.78. The Morgan fingerprint density at radius 1 is 1.50 bits per heavy atom. The first kappa shape index (κ1) is 9.23. The van der Waals surface area contributed by atoms with Gasteiger partial charge in [-0.05, 0) is 35.9 Å². The topological polar surface area (TPSA) is 23.8 Å². The standard InChI is InChI=1S/C12H11NS/c1-3-9-6-8(2)11(7-13)10-4-5-14-12(9)10/h4-6H,3H2,1-2H3. The van der Waals surface area contributed by atoms with Crippen LogP contribution in [0, 0.1) is 18.3 Å². The average molecular weight is 201 g/mol. The Balaban J connectivity index is 2.90. The van der Waals surface area contributed by atoms with Gasteiger partial charge in [-0.1, -0.05) is 13.0 Å². The first-order valence-electron chi connectivity index (χ1n) is 4.67. The van der Waals surface area contributed by atoms with Gasteiger partial charge in [0.1, 0.15) is 6.07 Å². The van der Waals surface area contributed by atoms with Crippen LogP contribution in [-0.2, 0) is 6.42 Å². The molecule has 2 aromatic rings. The lowest BCUT2D eigenvalue weighted by Gasteiger charge is -2.04. The molecule has 0 fully saturated rings. The second-order valence-corrected chi connectivity index (χ2v) is 4.27. The minimum atomic E-state index is 0.832. The van der Waals surface area contributed by atoms with Gasteiger partial charge in [0.05, 0.1) is 5.56 Å². The third kappa shape index (κ3) is 1.21. The van der Waals surface area contributed by atoms with Crippen LogP contribution in [0.15, 0.2) is 17.5 Å². The van der Waals surface area contributed by atoms with Crippen molar-refractivity contribution in [3.63, 3.8) is 0 Å². The lowest BCUT2D eigenvalue weighted by Crippen LogP contribution is -1.88. The molecule has 0 N–H and O–H groups in total. The predicted octanol–water partition coefficient (Wildman–Crippen LogP) is 3.64. The molecule has 0 aliphatic carbocycles. The SMILES string of the molecule is CCc1cc(C)c(C#N)c2ccsc12. The van der Waals surface area contributed by atoms with Crippen LogP contribution in [0.4, 0.5) is 0 Å². The molecule has 1 nitrogen and oxygen atoms in total. The molecule has 2 rings (SSSR count). The number of hydrogen-bond donors (Lipinski definition) is 0. The molecule has 0 amide bonds. The Hall–Kier alpha value is -1.33. The summed E-state index contributed by atoms with van der Waals surface area (Å²) >= 11 is 1.73. The molecule has 1 aromatic heterocycles. The third-order valence-electron chi connectivity index (χ3n) is 2.50. The van der Waals surface area contributed by atoms with Gasteiger partial charge in [0.15, 0.2) is 0 Å². The Morgan fingerprint density at radius 2 is 2.29 bits per heavy atom. The van der Waals surface area contributed by atoms with E-state index in [1.807, 2.05) is 13.0 Å². The van der Waals surface area contributed by atoms with Crippen molar-refractivity contribution in [3.05, 3.63) is 34.2 Å². The van der Waals surface area contributed by atoms with Gasteiger partial charge in [0.25, 0.3) is 0 Å². The zero-order valence-electron chi connectivity index (χ0n) is 8.29. The number of aryl methyl sites for hydroxylation is 2. The van der Waals surface area contributed by atoms with Crippen molar-refractivity contribution in [3.8, 4) is 6.07 Å². The molecule has 1 heterocycles. The molecule has 0 bridgehead atoms. The van der Waals surface area contributed by atoms with Crippen molar-refractivity contribution in [1.82, 2.24) is 0 Å². The quantitative estimate of drug-likeness (QED) is 0.691. The van der Waals surface area contributed by atoms with E-state index in [4.69, 9.17) is 5.26 Å². The highest BCUT2D eigenvalue weighted by molar-refractivity contribution is 7.17. The zero-order chi connectivity index (χ0) is 10.1. The molecule has 0 unspecified atom stereocenters. The van der Waals surface area contributed by atoms with E-state index in [9.17, 15) is 0 Å². The summed E-state index contributed by atoms with van der Waals surface area (Å²) in [6, 6.07) is 6.46. The minimum Gasteiger partial charge on any atom is -0.192 e. The summed E-state index contributed by atoms with van der Waals surface area (Å²) in [5.41, 5.74) is 3.28. The molecule has 2 heteroatoms. The molecule has 0 aliphatic heterocycles. The van der Waals surface area contributed by atoms with Crippen molar-refractivity contribution in [2.45, 2.75) is 20.3 Å². The summed E-state index contributed by atoms with van der Waals surface area (Å²) in [6.45, 7) is 4.16. The Labute approximate surface area is 87.6 Å². The number of fused-ring (bicyclic) bond motifs is 1. The highest BCUT2D eigenvalue weighted by Gasteiger charge is 2.08. The van der Waals surface area contributed by atoms with Crippen LogP contribution in [0.25, 0.3) is 10.1 Å². The summed E-state index contributed by atoms with van der Waals surface area (Å²) in [4.78, 5) is 0. The lowest BCUT2D eigenvalue weighted by molar-refractivity contribution is 1.15. The van der Waals surface area contributed by atoms with Crippen molar-refractivity contribution in [2.75, 3.05) is 0 Å². The largest absolute Gasteiger partial charge is 0.192 e. The number of nitriles is 1. The lowest BCUT2D eigenvalue weighted by atomic mass is 10.0. The summed E-state index contributed by atoms with van der Waals surface area (Å²) in [7, 11) is 0. The van der Waals surface area contributed by atoms with Gasteiger partial charge >= 0.3 is 0 Å². The van der Waals surface area contributed by atoms with Gasteiger partial charge in [-0.2, -0.15) is 5.26 Å². The second kappa shape index (κ2) is 3.43. The van der Waals surface area contributed by atoms with E-state index in [1.165, 1.54) is 10.3 Å². The monoisotopic (exact) mass is 201 g/mol. The summed E-state index contributed by atoms with van der Waals surface area (Å²) in [5.74, 6) is 0. The molecule has 0 atom stereocenters. The molecule has 0 spiro atoms. The van der Waals surface area contributed by atoms with E-state index in [2.05, 4.69) is 24.4 Å². The van der Waals surface area contributed by atoms with Gasteiger partial charge < -0.3 is 0 Å². The van der Waals surface area contributed by atoms with Crippen molar-refractivity contribution in [1.29, 1.82) is 5.26 Å². The number of hydrogen-bond acceptors (Lipinski definition) is 2. The highest BCUT2D eigenvalue weighted by Crippen LogP contribution is 2.30. The Bertz CT molecular complexity index is 517. The van der Waals surface area contributed by atoms with E-state index in [-0.39, 0.29) is 0 Å². The normalized spacial score (nSPS) is 10.4. The summed E-state index contributed by atoms with van der Waals surface area (Å²) < 4.78 is 1.27. The number of rotatable bonds is 1. The molecule has 70 valence electrons. The first-order valence-corrected chi connectivity index (χ1v) is 5.55. The molecule has 1 aromatic carbocycles. The van der Waals surface area contributed by atoms with Crippen molar-refractivity contribution < 1.29 is 0 Å². The van der Waals surface area contributed by atoms with E-state index in [1.54, 1.807) is 11.3 Å². The van der Waals surface area contributed by atoms with Crippen LogP contribution in [0.2, 0.25) is 0 Å². The van der Waals surface area contributed by atoms with Crippen LogP contribution >= 0.6 is 11.3 Å². The van der Waals surface area contributed by atoms with Gasteiger partial charge in [0.2, 0.25) is 0 Å². The van der Waals surface area contributed by atoms with Crippen LogP contribution in [0.5, 0.6) is 0 Å². The molecular weight excluding hydrogens is 190 g/mol. The van der Waals surface area contributed by atoms with Crippen LogP contribution in [-0.4, -0.2) is 0 Å². The first-order chi connectivity index (χ1) is 6.77. The predicted molar refractivity (Wildman–Crippen MR) is 60.7 cm³/mol. The van der Waals surface area contributed by atoms with E-state index < -0.39 is 0 Å². The fourth-order valence-corrected chi connectivity index (χ4v) is 2.77. The van der Waals surface area contributed by atoms with Gasteiger partial charge in [-0.15, -0.1) is 11.3 Å². The highest BCUT2D eigenvalue weighted by atomic mass is 32.1. The molecule has 0 radical (unpaired) electrons. The van der Waals surface area contributed by atoms with Crippen LogP contribution < -0.4 is 0 Å². The Morgan fingerprint density at radius 3 is 2.93 bits per heavy atom. The van der Waals surface area contributed by atoms with E-state index in [0.717, 1.165) is 22.9 Å². The molecule has 0 aliphatic rings. The number of benzene rings is 1. The van der Waals surface area contributed by atoms with Gasteiger partial charge in [-0.25, -0.2) is 0 Å². The third-order valence-corrected chi connectivity index (χ3v) is 3.49. The van der Waals surface area contributed by atoms with E-state index in [0.29, 0.717) is 0 Å². The maximum Gasteiger partial charge on any atom is 0.100 e. The Kier molecular flexibility index (Phi) is 2.26. The maximum atomic E-state index is 9.05. The fraction of sp³-hybridized carbons (Fsp3) is 0.250. The van der Waals surface area contributed by atoms with Crippen molar-refractivity contribution >= 4 is 21.4 Å². The molecular formula is C12H11NS. The zero-order valence-corrected chi connectivity index (χ0v) is 9.11. The van der Waals surface area contributed by atoms with Gasteiger partial charge in [0, 0.05) is 10.1 Å². The summed E-state index contributed by atoms with van der Waals surface area (Å²) in [5, 5.41) is 12.2. The minimum absolute atomic E-state index is 0.832. The second-order valence-electron chi connectivity index (χ2n) is 3.36. The molecule has 14 heavy (non-hydrogen) atoms. The van der Waals surface area contributed by atoms with E-state index >= 15 is 0 Å². The van der Waals surface area contributed by atoms with Crippen LogP contribution in [0.3, 0.4) is 0 Å². The average Bonchev–Trinajstić information content (AvgIpc) is 2.65. The van der Waals surface area contributed by atoms with Gasteiger partial charge in [-0.3, -0.25) is 0 Å². The number of nitrogens with zero attached hydrogens (tertiary/aromatic N) is 1. The molecule has 0 saturated carbocycles. The number of thiophene rings is 1.